The zero-order valence-electron chi connectivity index (χ0n) is 17.2. The van der Waals surface area contributed by atoms with E-state index in [1.54, 1.807) is 11.8 Å². The number of thioether (sulfide) groups is 1. The molecule has 0 aromatic heterocycles. The molecule has 6 heteroatoms. The minimum absolute atomic E-state index is 0.00295. The molecule has 1 N–H and O–H groups in total. The van der Waals surface area contributed by atoms with Crippen molar-refractivity contribution in [1.29, 1.82) is 0 Å². The summed E-state index contributed by atoms with van der Waals surface area (Å²) in [5.74, 6) is 0.759. The lowest BCUT2D eigenvalue weighted by molar-refractivity contribution is -0.122. The molecule has 0 fully saturated rings. The van der Waals surface area contributed by atoms with Gasteiger partial charge in [0.1, 0.15) is 0 Å². The molecule has 0 bridgehead atoms. The largest absolute Gasteiger partial charge is 0.326 e. The molecule has 0 saturated heterocycles. The molecule has 5 nitrogen and oxygen atoms in total. The predicted octanol–water partition coefficient (Wildman–Crippen LogP) is 4.39. The van der Waals surface area contributed by atoms with Gasteiger partial charge < -0.3 is 10.2 Å². The van der Waals surface area contributed by atoms with Crippen LogP contribution in [0.4, 0.5) is 11.4 Å². The molecule has 154 valence electrons. The van der Waals surface area contributed by atoms with Crippen molar-refractivity contribution in [3.05, 3.63) is 54.1 Å². The zero-order valence-corrected chi connectivity index (χ0v) is 18.0. The fraction of sp³-hybridized carbons (Fsp3) is 0.391. The molecule has 0 atom stereocenters. The van der Waals surface area contributed by atoms with Crippen LogP contribution in [-0.4, -0.2) is 42.1 Å². The number of carbonyl (C=O) groups excluding carboxylic acids is 2. The Kier molecular flexibility index (Phi) is 7.72. The number of nitrogens with zero attached hydrogens (tertiary/aromatic N) is 2. The van der Waals surface area contributed by atoms with Crippen LogP contribution < -0.4 is 10.2 Å². The number of benzene rings is 2. The summed E-state index contributed by atoms with van der Waals surface area (Å²) >= 11 is 1.77. The Hall–Kier alpha value is -2.31. The summed E-state index contributed by atoms with van der Waals surface area (Å²) < 4.78 is 0. The number of para-hydroxylation sites is 1. The van der Waals surface area contributed by atoms with Gasteiger partial charge in [0.2, 0.25) is 11.8 Å². The van der Waals surface area contributed by atoms with E-state index in [9.17, 15) is 9.59 Å². The molecule has 0 unspecified atom stereocenters. The van der Waals surface area contributed by atoms with E-state index in [-0.39, 0.29) is 24.7 Å². The Labute approximate surface area is 177 Å². The fourth-order valence-electron chi connectivity index (χ4n) is 3.46. The fourth-order valence-corrected chi connectivity index (χ4v) is 4.46. The summed E-state index contributed by atoms with van der Waals surface area (Å²) in [7, 11) is 0. The van der Waals surface area contributed by atoms with Crippen molar-refractivity contribution in [3.8, 4) is 0 Å². The summed E-state index contributed by atoms with van der Waals surface area (Å²) in [6, 6.07) is 15.9. The molecule has 0 aliphatic carbocycles. The third-order valence-corrected chi connectivity index (χ3v) is 6.15. The van der Waals surface area contributed by atoms with E-state index in [1.165, 1.54) is 5.56 Å². The van der Waals surface area contributed by atoms with Gasteiger partial charge in [-0.05, 0) is 42.9 Å². The monoisotopic (exact) mass is 411 g/mol. The number of hydrogen-bond donors (Lipinski definition) is 1. The summed E-state index contributed by atoms with van der Waals surface area (Å²) in [5.41, 5.74) is 2.91. The average Bonchev–Trinajstić information content (AvgIpc) is 2.75. The minimum atomic E-state index is -0.127. The van der Waals surface area contributed by atoms with Crippen molar-refractivity contribution in [3.63, 3.8) is 0 Å². The van der Waals surface area contributed by atoms with Crippen LogP contribution in [0.5, 0.6) is 0 Å². The van der Waals surface area contributed by atoms with Gasteiger partial charge in [-0.2, -0.15) is 0 Å². The van der Waals surface area contributed by atoms with Gasteiger partial charge in [-0.25, -0.2) is 0 Å². The highest BCUT2D eigenvalue weighted by Gasteiger charge is 2.22. The molecule has 2 aromatic rings. The third kappa shape index (κ3) is 5.84. The smallest absolute Gasteiger partial charge is 0.227 e. The van der Waals surface area contributed by atoms with Gasteiger partial charge in [0, 0.05) is 42.3 Å². The Morgan fingerprint density at radius 2 is 1.86 bits per heavy atom. The zero-order chi connectivity index (χ0) is 20.6. The van der Waals surface area contributed by atoms with Crippen molar-refractivity contribution in [2.24, 2.45) is 0 Å². The van der Waals surface area contributed by atoms with E-state index < -0.39 is 0 Å². The van der Waals surface area contributed by atoms with E-state index in [0.717, 1.165) is 41.7 Å². The van der Waals surface area contributed by atoms with Crippen molar-refractivity contribution < 1.29 is 9.59 Å². The second-order valence-electron chi connectivity index (χ2n) is 7.07. The van der Waals surface area contributed by atoms with Gasteiger partial charge >= 0.3 is 0 Å². The standard InChI is InChI=1S/C23H29N3O2S/c1-3-25(4-2)17-18-8-7-9-19(16-18)24-22(27)12-13-23(28)26-14-15-29-21-11-6-5-10-20(21)26/h5-11,16H,3-4,12-15,17H2,1-2H3,(H,24,27). The number of anilines is 2. The first-order chi connectivity index (χ1) is 14.1. The van der Waals surface area contributed by atoms with Crippen molar-refractivity contribution in [1.82, 2.24) is 4.90 Å². The van der Waals surface area contributed by atoms with Crippen LogP contribution in [0, 0.1) is 0 Å². The second kappa shape index (κ2) is 10.5. The SMILES string of the molecule is CCN(CC)Cc1cccc(NC(=O)CCC(=O)N2CCSc3ccccc32)c1. The van der Waals surface area contributed by atoms with Crippen molar-refractivity contribution in [2.45, 2.75) is 38.1 Å². The summed E-state index contributed by atoms with van der Waals surface area (Å²) in [6.45, 7) is 7.83. The lowest BCUT2D eigenvalue weighted by Gasteiger charge is -2.29. The van der Waals surface area contributed by atoms with Crippen LogP contribution in [0.3, 0.4) is 0 Å². The van der Waals surface area contributed by atoms with Crippen LogP contribution in [0.2, 0.25) is 0 Å². The van der Waals surface area contributed by atoms with E-state index in [2.05, 4.69) is 30.1 Å². The Morgan fingerprint density at radius 3 is 2.66 bits per heavy atom. The normalized spacial score (nSPS) is 13.3. The molecule has 1 aliphatic rings. The molecule has 2 aromatic carbocycles. The average molecular weight is 412 g/mol. The number of carbonyl (C=O) groups is 2. The van der Waals surface area contributed by atoms with Gasteiger partial charge in [0.15, 0.2) is 0 Å². The highest BCUT2D eigenvalue weighted by Crippen LogP contribution is 2.34. The number of amides is 2. The highest BCUT2D eigenvalue weighted by atomic mass is 32.2. The molecule has 29 heavy (non-hydrogen) atoms. The summed E-state index contributed by atoms with van der Waals surface area (Å²) in [5, 5.41) is 2.94. The van der Waals surface area contributed by atoms with Crippen LogP contribution in [0.15, 0.2) is 53.4 Å². The molecular formula is C23H29N3O2S. The van der Waals surface area contributed by atoms with E-state index >= 15 is 0 Å². The Morgan fingerprint density at radius 1 is 1.07 bits per heavy atom. The third-order valence-electron chi connectivity index (χ3n) is 5.11. The summed E-state index contributed by atoms with van der Waals surface area (Å²) in [6.07, 6.45) is 0.398. The minimum Gasteiger partial charge on any atom is -0.326 e. The molecule has 0 radical (unpaired) electrons. The quantitative estimate of drug-likeness (QED) is 0.700. The molecule has 3 rings (SSSR count). The van der Waals surface area contributed by atoms with Gasteiger partial charge in [-0.3, -0.25) is 14.5 Å². The van der Waals surface area contributed by atoms with Gasteiger partial charge in [0.05, 0.1) is 5.69 Å². The van der Waals surface area contributed by atoms with E-state index in [0.29, 0.717) is 6.54 Å². The molecule has 2 amide bonds. The maximum Gasteiger partial charge on any atom is 0.227 e. The first-order valence-corrected chi connectivity index (χ1v) is 11.2. The summed E-state index contributed by atoms with van der Waals surface area (Å²) in [4.78, 5) is 30.3. The highest BCUT2D eigenvalue weighted by molar-refractivity contribution is 7.99. The number of rotatable bonds is 8. The predicted molar refractivity (Wildman–Crippen MR) is 120 cm³/mol. The molecule has 0 saturated carbocycles. The van der Waals surface area contributed by atoms with Gasteiger partial charge in [0.25, 0.3) is 0 Å². The number of fused-ring (bicyclic) bond motifs is 1. The lowest BCUT2D eigenvalue weighted by atomic mass is 10.1. The van der Waals surface area contributed by atoms with E-state index in [4.69, 9.17) is 0 Å². The molecule has 1 aliphatic heterocycles. The van der Waals surface area contributed by atoms with E-state index in [1.807, 2.05) is 47.4 Å². The van der Waals surface area contributed by atoms with Crippen LogP contribution in [0.25, 0.3) is 0 Å². The van der Waals surface area contributed by atoms with Crippen LogP contribution in [-0.2, 0) is 16.1 Å². The molecular weight excluding hydrogens is 382 g/mol. The number of hydrogen-bond acceptors (Lipinski definition) is 4. The maximum atomic E-state index is 12.7. The first-order valence-electron chi connectivity index (χ1n) is 10.2. The maximum absolute atomic E-state index is 12.7. The van der Waals surface area contributed by atoms with Gasteiger partial charge in [-0.1, -0.05) is 38.1 Å². The Balaban J connectivity index is 1.53. The van der Waals surface area contributed by atoms with Crippen LogP contribution >= 0.6 is 11.8 Å². The van der Waals surface area contributed by atoms with Crippen molar-refractivity contribution in [2.75, 3.05) is 35.6 Å². The lowest BCUT2D eigenvalue weighted by Crippen LogP contribution is -2.35. The number of nitrogens with one attached hydrogen (secondary N) is 1. The molecule has 0 spiro atoms. The molecule has 1 heterocycles. The van der Waals surface area contributed by atoms with Gasteiger partial charge in [-0.15, -0.1) is 11.8 Å². The second-order valence-corrected chi connectivity index (χ2v) is 8.21. The van der Waals surface area contributed by atoms with Crippen LogP contribution in [0.1, 0.15) is 32.3 Å². The van der Waals surface area contributed by atoms with Crippen molar-refractivity contribution >= 4 is 35.0 Å². The first kappa shape index (κ1) is 21.4. The Bertz CT molecular complexity index is 852. The topological polar surface area (TPSA) is 52.7 Å².